The fourth-order valence-corrected chi connectivity index (χ4v) is 7.72. The lowest BCUT2D eigenvalue weighted by Gasteiger charge is -2.15. The van der Waals surface area contributed by atoms with Gasteiger partial charge in [0.25, 0.3) is 0 Å². The monoisotopic (exact) mass is 757 g/mol. The Labute approximate surface area is 343 Å². The summed E-state index contributed by atoms with van der Waals surface area (Å²) >= 11 is 0. The van der Waals surface area contributed by atoms with Crippen molar-refractivity contribution in [2.45, 2.75) is 19.8 Å². The number of aromatic nitrogens is 5. The minimum atomic E-state index is 0.246. The van der Waals surface area contributed by atoms with Gasteiger partial charge >= 0.3 is 0 Å². The van der Waals surface area contributed by atoms with Crippen molar-refractivity contribution in [3.05, 3.63) is 200 Å². The fourth-order valence-electron chi connectivity index (χ4n) is 7.72. The first-order chi connectivity index (χ1) is 29.0. The molecule has 0 radical (unpaired) electrons. The van der Waals surface area contributed by atoms with Crippen LogP contribution in [0, 0.1) is 0 Å². The third kappa shape index (κ3) is 7.15. The average Bonchev–Trinajstić information content (AvgIpc) is 3.31. The Bertz CT molecular complexity index is 3090. The minimum Gasteiger partial charge on any atom is -0.264 e. The number of rotatable bonds is 8. The molecule has 0 aliphatic carbocycles. The van der Waals surface area contributed by atoms with Crippen LogP contribution < -0.4 is 0 Å². The number of hydrogen-bond donors (Lipinski definition) is 0. The van der Waals surface area contributed by atoms with Crippen LogP contribution in [0.3, 0.4) is 0 Å². The summed E-state index contributed by atoms with van der Waals surface area (Å²) in [5, 5.41) is 2.14. The molecule has 0 spiro atoms. The summed E-state index contributed by atoms with van der Waals surface area (Å²) in [6.07, 6.45) is 3.64. The summed E-state index contributed by atoms with van der Waals surface area (Å²) in [7, 11) is 0. The van der Waals surface area contributed by atoms with Gasteiger partial charge in [-0.1, -0.05) is 159 Å². The van der Waals surface area contributed by atoms with Gasteiger partial charge < -0.3 is 0 Å². The predicted octanol–water partition coefficient (Wildman–Crippen LogP) is 13.8. The molecular formula is C54H39N5. The molecule has 0 saturated heterocycles. The molecule has 4 heterocycles. The molecule has 0 unspecified atom stereocenters. The van der Waals surface area contributed by atoms with Crippen molar-refractivity contribution in [2.24, 2.45) is 0 Å². The second kappa shape index (κ2) is 15.4. The highest BCUT2D eigenvalue weighted by molar-refractivity contribution is 6.09. The maximum absolute atomic E-state index is 5.21. The van der Waals surface area contributed by atoms with Gasteiger partial charge in [0.15, 0.2) is 5.82 Å². The van der Waals surface area contributed by atoms with E-state index in [4.69, 9.17) is 19.9 Å². The van der Waals surface area contributed by atoms with Crippen LogP contribution in [0.25, 0.3) is 100 Å². The van der Waals surface area contributed by atoms with Crippen molar-refractivity contribution in [3.8, 4) is 78.5 Å². The lowest BCUT2D eigenvalue weighted by molar-refractivity contribution is 0.831. The topological polar surface area (TPSA) is 64.5 Å². The van der Waals surface area contributed by atoms with Gasteiger partial charge in [0, 0.05) is 51.1 Å². The molecule has 59 heavy (non-hydrogen) atoms. The van der Waals surface area contributed by atoms with Gasteiger partial charge in [-0.3, -0.25) is 9.97 Å². The van der Waals surface area contributed by atoms with E-state index in [1.807, 2.05) is 42.6 Å². The van der Waals surface area contributed by atoms with Crippen molar-refractivity contribution in [3.63, 3.8) is 0 Å². The number of pyridine rings is 3. The zero-order chi connectivity index (χ0) is 39.7. The van der Waals surface area contributed by atoms with E-state index in [1.54, 1.807) is 6.20 Å². The molecule has 0 bridgehead atoms. The maximum Gasteiger partial charge on any atom is 0.160 e. The molecule has 280 valence electrons. The molecule has 0 aliphatic rings. The molecular weight excluding hydrogens is 719 g/mol. The quantitative estimate of drug-likeness (QED) is 0.144. The SMILES string of the molecule is CC(C)c1cc(-c2ccc(-c3cccc(-c4cc(-c5ccc(-c6ccccc6)cc5)nc(-c5ccccc5)n4)c3)cc2)c2ccc3ccc(-c4cccnc4)nc3c2n1. The van der Waals surface area contributed by atoms with Crippen molar-refractivity contribution in [1.82, 2.24) is 24.9 Å². The Morgan fingerprint density at radius 1 is 0.373 bits per heavy atom. The van der Waals surface area contributed by atoms with Crippen LogP contribution in [0.1, 0.15) is 25.5 Å². The largest absolute Gasteiger partial charge is 0.264 e. The van der Waals surface area contributed by atoms with Gasteiger partial charge in [0.2, 0.25) is 0 Å². The summed E-state index contributed by atoms with van der Waals surface area (Å²) in [5.74, 6) is 0.942. The smallest absolute Gasteiger partial charge is 0.160 e. The summed E-state index contributed by atoms with van der Waals surface area (Å²) in [4.78, 5) is 24.9. The number of fused-ring (bicyclic) bond motifs is 3. The van der Waals surface area contributed by atoms with E-state index in [0.29, 0.717) is 5.82 Å². The highest BCUT2D eigenvalue weighted by Gasteiger charge is 2.16. The van der Waals surface area contributed by atoms with Gasteiger partial charge in [0.05, 0.1) is 28.1 Å². The van der Waals surface area contributed by atoms with Crippen LogP contribution in [-0.4, -0.2) is 24.9 Å². The normalized spacial score (nSPS) is 11.4. The highest BCUT2D eigenvalue weighted by atomic mass is 14.9. The number of nitrogens with zero attached hydrogens (tertiary/aromatic N) is 5. The maximum atomic E-state index is 5.21. The standard InChI is InChI=1S/C54H39N5/c1-35(2)49-32-47(46-28-26-41-27-29-48(45-17-10-30-55-34-45)56-52(41)53(46)57-49)39-22-18-38(19-23-39)43-15-9-16-44(31-43)51-33-50(58-54(59-51)42-13-7-4-8-14-42)40-24-20-37(21-25-40)36-11-5-3-6-12-36/h3-35H,1-2H3. The summed E-state index contributed by atoms with van der Waals surface area (Å²) < 4.78 is 0. The summed E-state index contributed by atoms with van der Waals surface area (Å²) in [6, 6.07) is 63.6. The van der Waals surface area contributed by atoms with Crippen LogP contribution in [-0.2, 0) is 0 Å². The van der Waals surface area contributed by atoms with Crippen LogP contribution in [0.4, 0.5) is 0 Å². The first-order valence-electron chi connectivity index (χ1n) is 20.0. The van der Waals surface area contributed by atoms with Crippen molar-refractivity contribution in [2.75, 3.05) is 0 Å². The van der Waals surface area contributed by atoms with Crippen LogP contribution in [0.2, 0.25) is 0 Å². The van der Waals surface area contributed by atoms with Crippen LogP contribution in [0.15, 0.2) is 194 Å². The zero-order valence-electron chi connectivity index (χ0n) is 32.8. The molecule has 0 N–H and O–H groups in total. The lowest BCUT2D eigenvalue weighted by Crippen LogP contribution is -1.97. The molecule has 5 nitrogen and oxygen atoms in total. The molecule has 0 fully saturated rings. The van der Waals surface area contributed by atoms with Crippen molar-refractivity contribution in [1.29, 1.82) is 0 Å². The minimum absolute atomic E-state index is 0.246. The average molecular weight is 758 g/mol. The molecule has 0 atom stereocenters. The van der Waals surface area contributed by atoms with E-state index in [9.17, 15) is 0 Å². The molecule has 6 aromatic carbocycles. The molecule has 0 saturated carbocycles. The molecule has 0 aliphatic heterocycles. The third-order valence-corrected chi connectivity index (χ3v) is 10.9. The Hall–Kier alpha value is -7.63. The molecule has 0 amide bonds. The van der Waals surface area contributed by atoms with E-state index in [1.165, 1.54) is 11.1 Å². The van der Waals surface area contributed by atoms with Crippen LogP contribution >= 0.6 is 0 Å². The number of benzene rings is 6. The van der Waals surface area contributed by atoms with Gasteiger partial charge in [-0.25, -0.2) is 15.0 Å². The van der Waals surface area contributed by atoms with Gasteiger partial charge in [-0.05, 0) is 75.7 Å². The van der Waals surface area contributed by atoms with E-state index in [-0.39, 0.29) is 5.92 Å². The van der Waals surface area contributed by atoms with Gasteiger partial charge in [-0.15, -0.1) is 0 Å². The van der Waals surface area contributed by atoms with E-state index in [2.05, 4.69) is 164 Å². The van der Waals surface area contributed by atoms with Crippen LogP contribution in [0.5, 0.6) is 0 Å². The molecule has 10 aromatic rings. The first kappa shape index (κ1) is 35.8. The Balaban J connectivity index is 1.02. The second-order valence-electron chi connectivity index (χ2n) is 15.2. The Morgan fingerprint density at radius 2 is 0.966 bits per heavy atom. The van der Waals surface area contributed by atoms with Crippen molar-refractivity contribution >= 4 is 21.8 Å². The fraction of sp³-hybridized carbons (Fsp3) is 0.0556. The van der Waals surface area contributed by atoms with Gasteiger partial charge in [0.1, 0.15) is 0 Å². The Kier molecular flexibility index (Phi) is 9.32. The highest BCUT2D eigenvalue weighted by Crippen LogP contribution is 2.37. The lowest BCUT2D eigenvalue weighted by atomic mass is 9.94. The van der Waals surface area contributed by atoms with E-state index >= 15 is 0 Å². The molecule has 5 heteroatoms. The number of hydrogen-bond acceptors (Lipinski definition) is 5. The van der Waals surface area contributed by atoms with Gasteiger partial charge in [-0.2, -0.15) is 0 Å². The summed E-state index contributed by atoms with van der Waals surface area (Å²) in [5.41, 5.74) is 16.4. The van der Waals surface area contributed by atoms with Crippen molar-refractivity contribution < 1.29 is 0 Å². The van der Waals surface area contributed by atoms with E-state index < -0.39 is 0 Å². The second-order valence-corrected chi connectivity index (χ2v) is 15.2. The molecule has 10 rings (SSSR count). The first-order valence-corrected chi connectivity index (χ1v) is 20.0. The summed E-state index contributed by atoms with van der Waals surface area (Å²) in [6.45, 7) is 4.39. The van der Waals surface area contributed by atoms with E-state index in [0.717, 1.165) is 89.1 Å². The zero-order valence-corrected chi connectivity index (χ0v) is 32.8. The Morgan fingerprint density at radius 3 is 1.68 bits per heavy atom. The molecule has 4 aromatic heterocycles. The predicted molar refractivity (Wildman–Crippen MR) is 243 cm³/mol. The third-order valence-electron chi connectivity index (χ3n) is 10.9.